The van der Waals surface area contributed by atoms with Gasteiger partial charge in [-0.15, -0.1) is 0 Å². The number of ether oxygens (including phenoxy) is 1. The van der Waals surface area contributed by atoms with E-state index in [-0.39, 0.29) is 5.56 Å². The van der Waals surface area contributed by atoms with Crippen LogP contribution in [0.5, 0.6) is 5.75 Å². The molecule has 4 rings (SSSR count). The number of hydrogen-bond acceptors (Lipinski definition) is 4. The van der Waals surface area contributed by atoms with Gasteiger partial charge in [0.15, 0.2) is 0 Å². The van der Waals surface area contributed by atoms with Gasteiger partial charge in [0, 0.05) is 23.0 Å². The van der Waals surface area contributed by atoms with Crippen molar-refractivity contribution < 1.29 is 4.74 Å². The van der Waals surface area contributed by atoms with Crippen LogP contribution >= 0.6 is 23.2 Å². The van der Waals surface area contributed by atoms with E-state index >= 15 is 0 Å². The van der Waals surface area contributed by atoms with Gasteiger partial charge < -0.3 is 4.74 Å². The van der Waals surface area contributed by atoms with E-state index in [9.17, 15) is 4.79 Å². The smallest absolute Gasteiger partial charge is 0.266 e. The van der Waals surface area contributed by atoms with Gasteiger partial charge in [0.05, 0.1) is 28.2 Å². The molecule has 0 radical (unpaired) electrons. The Kier molecular flexibility index (Phi) is 5.03. The number of nitrogens with zero attached hydrogens (tertiary/aromatic N) is 3. The molecule has 0 amide bonds. The summed E-state index contributed by atoms with van der Waals surface area (Å²) in [6, 6.07) is 14.0. The molecule has 0 fully saturated rings. The normalized spacial score (nSPS) is 11.0. The van der Waals surface area contributed by atoms with Gasteiger partial charge in [0.1, 0.15) is 11.6 Å². The molecule has 2 heterocycles. The van der Waals surface area contributed by atoms with Crippen LogP contribution in [0.1, 0.15) is 6.92 Å². The van der Waals surface area contributed by atoms with Gasteiger partial charge in [-0.25, -0.2) is 4.98 Å². The molecule has 0 saturated carbocycles. The molecule has 0 bridgehead atoms. The molecule has 2 aromatic heterocycles. The van der Waals surface area contributed by atoms with Crippen LogP contribution in [0.15, 0.2) is 65.7 Å². The second-order valence-electron chi connectivity index (χ2n) is 6.03. The summed E-state index contributed by atoms with van der Waals surface area (Å²) in [5, 5.41) is 1.05. The lowest BCUT2D eigenvalue weighted by atomic mass is 10.2. The van der Waals surface area contributed by atoms with Gasteiger partial charge in [-0.2, -0.15) is 0 Å². The van der Waals surface area contributed by atoms with E-state index in [2.05, 4.69) is 9.97 Å². The van der Waals surface area contributed by atoms with E-state index < -0.39 is 0 Å². The molecule has 4 aromatic rings. The molecule has 0 aliphatic carbocycles. The first-order valence-electron chi connectivity index (χ1n) is 8.64. The lowest BCUT2D eigenvalue weighted by molar-refractivity contribution is 0.340. The van der Waals surface area contributed by atoms with E-state index in [1.54, 1.807) is 30.6 Å². The number of halogens is 2. The molecular weight excluding hydrogens is 397 g/mol. The Hall–Kier alpha value is -2.89. The van der Waals surface area contributed by atoms with Crippen molar-refractivity contribution in [3.63, 3.8) is 0 Å². The summed E-state index contributed by atoms with van der Waals surface area (Å²) in [5.74, 6) is 1.17. The number of hydrogen-bond donors (Lipinski definition) is 0. The van der Waals surface area contributed by atoms with Crippen LogP contribution < -0.4 is 10.3 Å². The van der Waals surface area contributed by atoms with Crippen molar-refractivity contribution in [3.05, 3.63) is 81.3 Å². The maximum absolute atomic E-state index is 13.4. The minimum absolute atomic E-state index is 0.266. The molecule has 28 heavy (non-hydrogen) atoms. The monoisotopic (exact) mass is 411 g/mol. The van der Waals surface area contributed by atoms with Crippen LogP contribution in [0.2, 0.25) is 10.0 Å². The summed E-state index contributed by atoms with van der Waals surface area (Å²) >= 11 is 12.4. The third-order valence-electron chi connectivity index (χ3n) is 4.22. The zero-order valence-electron chi connectivity index (χ0n) is 14.9. The first-order valence-corrected chi connectivity index (χ1v) is 9.39. The van der Waals surface area contributed by atoms with Crippen molar-refractivity contribution >= 4 is 34.1 Å². The van der Waals surface area contributed by atoms with E-state index in [0.29, 0.717) is 44.6 Å². The van der Waals surface area contributed by atoms with Crippen LogP contribution in [0.25, 0.3) is 28.0 Å². The number of aromatic nitrogens is 3. The van der Waals surface area contributed by atoms with Gasteiger partial charge in [-0.05, 0) is 55.5 Å². The molecule has 0 N–H and O–H groups in total. The predicted molar refractivity (Wildman–Crippen MR) is 112 cm³/mol. The third-order valence-corrected chi connectivity index (χ3v) is 4.72. The molecule has 7 heteroatoms. The highest BCUT2D eigenvalue weighted by Crippen LogP contribution is 2.28. The van der Waals surface area contributed by atoms with Crippen molar-refractivity contribution in [2.75, 3.05) is 6.61 Å². The Morgan fingerprint density at radius 1 is 1.11 bits per heavy atom. The highest BCUT2D eigenvalue weighted by molar-refractivity contribution is 6.38. The quantitative estimate of drug-likeness (QED) is 0.465. The Labute approximate surface area is 171 Å². The van der Waals surface area contributed by atoms with E-state index in [1.165, 1.54) is 4.57 Å². The van der Waals surface area contributed by atoms with Crippen molar-refractivity contribution in [2.24, 2.45) is 0 Å². The Bertz CT molecular complexity index is 1210. The SMILES string of the molecule is CCOc1ccc(-n2c(-c3cccnc3)nc3c(Cl)cc(Cl)cc3c2=O)cc1. The summed E-state index contributed by atoms with van der Waals surface area (Å²) in [6.07, 6.45) is 3.32. The van der Waals surface area contributed by atoms with Gasteiger partial charge in [-0.3, -0.25) is 14.3 Å². The maximum Gasteiger partial charge on any atom is 0.266 e. The Morgan fingerprint density at radius 3 is 2.57 bits per heavy atom. The fourth-order valence-electron chi connectivity index (χ4n) is 3.00. The molecule has 0 saturated heterocycles. The average Bonchev–Trinajstić information content (AvgIpc) is 2.70. The number of pyridine rings is 1. The standard InChI is InChI=1S/C21H15Cl2N3O2/c1-2-28-16-7-5-15(6-8-16)26-20(13-4-3-9-24-12-13)25-19-17(21(26)27)10-14(22)11-18(19)23/h3-12H,2H2,1H3. The fourth-order valence-corrected chi connectivity index (χ4v) is 3.54. The first-order chi connectivity index (χ1) is 13.6. The molecule has 2 aromatic carbocycles. The molecule has 0 unspecified atom stereocenters. The van der Waals surface area contributed by atoms with Gasteiger partial charge in [0.25, 0.3) is 5.56 Å². The fraction of sp³-hybridized carbons (Fsp3) is 0.0952. The molecule has 140 valence electrons. The van der Waals surface area contributed by atoms with Crippen molar-refractivity contribution in [2.45, 2.75) is 6.92 Å². The summed E-state index contributed by atoms with van der Waals surface area (Å²) < 4.78 is 7.03. The number of fused-ring (bicyclic) bond motifs is 1. The minimum atomic E-state index is -0.266. The van der Waals surface area contributed by atoms with E-state index in [0.717, 1.165) is 5.75 Å². The molecule has 0 aliphatic heterocycles. The minimum Gasteiger partial charge on any atom is -0.494 e. The second-order valence-corrected chi connectivity index (χ2v) is 6.87. The molecule has 0 spiro atoms. The van der Waals surface area contributed by atoms with Crippen LogP contribution in [0, 0.1) is 0 Å². The summed E-state index contributed by atoms with van der Waals surface area (Å²) in [5.41, 5.74) is 1.48. The maximum atomic E-state index is 13.4. The van der Waals surface area contributed by atoms with Gasteiger partial charge in [-0.1, -0.05) is 23.2 Å². The van der Waals surface area contributed by atoms with Crippen molar-refractivity contribution in [1.29, 1.82) is 0 Å². The molecule has 0 aliphatic rings. The average molecular weight is 412 g/mol. The summed E-state index contributed by atoms with van der Waals surface area (Å²) in [6.45, 7) is 2.48. The second kappa shape index (κ2) is 7.62. The predicted octanol–water partition coefficient (Wildman–Crippen LogP) is 5.15. The molecule has 5 nitrogen and oxygen atoms in total. The zero-order chi connectivity index (χ0) is 19.7. The zero-order valence-corrected chi connectivity index (χ0v) is 16.4. The van der Waals surface area contributed by atoms with E-state index in [4.69, 9.17) is 27.9 Å². The lowest BCUT2D eigenvalue weighted by Gasteiger charge is -2.15. The Balaban J connectivity index is 2.05. The van der Waals surface area contributed by atoms with E-state index in [1.807, 2.05) is 37.3 Å². The largest absolute Gasteiger partial charge is 0.494 e. The van der Waals surface area contributed by atoms with Crippen molar-refractivity contribution in [3.8, 4) is 22.8 Å². The van der Waals surface area contributed by atoms with Gasteiger partial charge >= 0.3 is 0 Å². The Morgan fingerprint density at radius 2 is 1.89 bits per heavy atom. The van der Waals surface area contributed by atoms with Crippen molar-refractivity contribution in [1.82, 2.24) is 14.5 Å². The van der Waals surface area contributed by atoms with Gasteiger partial charge in [0.2, 0.25) is 0 Å². The highest BCUT2D eigenvalue weighted by atomic mass is 35.5. The molecular formula is C21H15Cl2N3O2. The lowest BCUT2D eigenvalue weighted by Crippen LogP contribution is -2.22. The van der Waals surface area contributed by atoms with Crippen LogP contribution in [-0.2, 0) is 0 Å². The summed E-state index contributed by atoms with van der Waals surface area (Å²) in [7, 11) is 0. The van der Waals surface area contributed by atoms with Crippen LogP contribution in [-0.4, -0.2) is 21.1 Å². The molecule has 0 atom stereocenters. The number of benzene rings is 2. The third kappa shape index (κ3) is 3.35. The summed E-state index contributed by atoms with van der Waals surface area (Å²) in [4.78, 5) is 22.2. The topological polar surface area (TPSA) is 57.0 Å². The first kappa shape index (κ1) is 18.5. The van der Waals surface area contributed by atoms with Crippen LogP contribution in [0.3, 0.4) is 0 Å². The highest BCUT2D eigenvalue weighted by Gasteiger charge is 2.17. The van der Waals surface area contributed by atoms with Crippen LogP contribution in [0.4, 0.5) is 0 Å². The number of rotatable bonds is 4.